The Kier molecular flexibility index (Phi) is 24.2. The number of benzene rings is 4. The van der Waals surface area contributed by atoms with Crippen LogP contribution in [0, 0.1) is 39.3 Å². The van der Waals surface area contributed by atoms with Crippen LogP contribution < -0.4 is 18.9 Å². The Morgan fingerprint density at radius 3 is 1.31 bits per heavy atom. The molecule has 0 saturated carbocycles. The average molecular weight is 1330 g/mol. The highest BCUT2D eigenvalue weighted by atomic mass is 35.5. The molecule has 8 heterocycles. The third kappa shape index (κ3) is 22.2. The summed E-state index contributed by atoms with van der Waals surface area (Å²) >= 11 is 13.6. The van der Waals surface area contributed by atoms with Crippen molar-refractivity contribution in [3.8, 4) is 46.0 Å². The van der Waals surface area contributed by atoms with Gasteiger partial charge < -0.3 is 18.9 Å². The van der Waals surface area contributed by atoms with Crippen LogP contribution in [0.4, 0.5) is 8.78 Å². The number of rotatable bonds is 20. The van der Waals surface area contributed by atoms with E-state index < -0.39 is 11.6 Å². The van der Waals surface area contributed by atoms with E-state index >= 15 is 0 Å². The van der Waals surface area contributed by atoms with E-state index in [9.17, 15) is 28.0 Å². The van der Waals surface area contributed by atoms with Gasteiger partial charge in [0.2, 0.25) is 0 Å². The predicted octanol–water partition coefficient (Wildman–Crippen LogP) is 15.2. The van der Waals surface area contributed by atoms with Crippen molar-refractivity contribution in [1.82, 2.24) is 59.8 Å². The molecule has 25 heteroatoms. The lowest BCUT2D eigenvalue weighted by molar-refractivity contribution is 0.0983. The standard InChI is InChI=1S/C19H17N3O2.C18H14ClN3O2.C17H11ClFN3O2.C16H12FN3O2S/c1-13-6-15(19(23)9-16-5-3-4-14(2)22-16)8-17(7-13)24-18-10-20-12-21-11-18;1-12-2-3-15(22-8-12)7-18(23)13-4-14(19)6-16(5-13)24-17-9-20-11-21-10-17;18-12-3-11(17(23)7-14-6-13(19)1-2-22-14)4-15(5-12)24-16-8-20-10-21-9-16;1-10-8-23-16(20-10)5-15(21)11-2-12(17)4-13(3-11)22-14-6-18-9-19-7-14/h3-8,10-12H,9H2,1-2H3;2-6,8-11H,7H2,1H3;1-6,8-10H,7H2;2-4,6-9H,5H2,1H3. The smallest absolute Gasteiger partial charge is 0.169 e. The number of hydrogen-bond acceptors (Lipinski definition) is 21. The number of aryl methyl sites for hydroxylation is 4. The van der Waals surface area contributed by atoms with E-state index in [4.69, 9.17) is 42.1 Å². The van der Waals surface area contributed by atoms with Crippen molar-refractivity contribution in [3.05, 3.63) is 296 Å². The second-order valence-electron chi connectivity index (χ2n) is 20.6. The number of carbonyl (C=O) groups excluding carboxylic acids is 4. The molecule has 476 valence electrons. The maximum Gasteiger partial charge on any atom is 0.169 e. The number of pyridine rings is 3. The molecule has 12 aromatic rings. The Balaban J connectivity index is 0.000000149. The minimum atomic E-state index is -0.544. The second-order valence-corrected chi connectivity index (χ2v) is 22.4. The van der Waals surface area contributed by atoms with Crippen LogP contribution in [0.1, 0.15) is 86.0 Å². The molecule has 95 heavy (non-hydrogen) atoms. The Hall–Kier alpha value is -11.4. The van der Waals surface area contributed by atoms with E-state index in [1.54, 1.807) is 55.0 Å². The van der Waals surface area contributed by atoms with Gasteiger partial charge in [0, 0.05) is 78.9 Å². The van der Waals surface area contributed by atoms with E-state index in [1.807, 2.05) is 75.5 Å². The van der Waals surface area contributed by atoms with Crippen LogP contribution in [0.2, 0.25) is 10.0 Å². The molecule has 0 spiro atoms. The van der Waals surface area contributed by atoms with Crippen LogP contribution in [0.3, 0.4) is 0 Å². The van der Waals surface area contributed by atoms with Crippen LogP contribution in [0.15, 0.2) is 208 Å². The first kappa shape index (κ1) is 68.0. The molecule has 0 saturated heterocycles. The van der Waals surface area contributed by atoms with E-state index in [0.29, 0.717) is 83.4 Å². The zero-order chi connectivity index (χ0) is 67.1. The van der Waals surface area contributed by atoms with Crippen molar-refractivity contribution in [2.75, 3.05) is 0 Å². The summed E-state index contributed by atoms with van der Waals surface area (Å²) < 4.78 is 49.4. The molecular formula is C70H54Cl2F2N12O8S. The monoisotopic (exact) mass is 1330 g/mol. The molecule has 0 amide bonds. The number of nitrogens with zero attached hydrogens (tertiary/aromatic N) is 12. The Morgan fingerprint density at radius 2 is 0.842 bits per heavy atom. The molecule has 0 radical (unpaired) electrons. The number of ketones is 4. The van der Waals surface area contributed by atoms with Crippen LogP contribution in [-0.2, 0) is 25.7 Å². The van der Waals surface area contributed by atoms with Gasteiger partial charge in [-0.05, 0) is 136 Å². The highest BCUT2D eigenvalue weighted by molar-refractivity contribution is 7.09. The first-order chi connectivity index (χ1) is 45.9. The van der Waals surface area contributed by atoms with Crippen LogP contribution in [0.5, 0.6) is 46.0 Å². The Labute approximate surface area is 557 Å². The quantitative estimate of drug-likeness (QED) is 0.0642. The Bertz CT molecular complexity index is 4450. The highest BCUT2D eigenvalue weighted by Gasteiger charge is 2.17. The molecule has 0 aliphatic heterocycles. The number of Topliss-reactive ketones (excluding diaryl/α,β-unsaturated/α-hetero) is 4. The zero-order valence-electron chi connectivity index (χ0n) is 51.0. The van der Waals surface area contributed by atoms with Gasteiger partial charge in [-0.25, -0.2) is 53.6 Å². The van der Waals surface area contributed by atoms with Gasteiger partial charge in [-0.3, -0.25) is 34.1 Å². The van der Waals surface area contributed by atoms with Crippen molar-refractivity contribution in [3.63, 3.8) is 0 Å². The predicted molar refractivity (Wildman–Crippen MR) is 350 cm³/mol. The second kappa shape index (κ2) is 33.8. The SMILES string of the molecule is Cc1cc(Oc2cncnc2)cc(C(=O)Cc2cccc(C)n2)c1.Cc1ccc(CC(=O)c2cc(Cl)cc(Oc3cncnc3)c2)nc1.Cc1csc(CC(=O)c2cc(F)cc(Oc3cncnc3)c2)n1.O=C(Cc1cc(F)ccn1)c1cc(Cl)cc(Oc2cncnc2)c1. The maximum absolute atomic E-state index is 13.8. The number of carbonyl (C=O) groups is 4. The lowest BCUT2D eigenvalue weighted by Crippen LogP contribution is -2.06. The van der Waals surface area contributed by atoms with Crippen LogP contribution >= 0.6 is 34.5 Å². The average Bonchev–Trinajstić information content (AvgIpc) is 1.92. The summed E-state index contributed by atoms with van der Waals surface area (Å²) in [4.78, 5) is 97.5. The fraction of sp³-hybridized carbons (Fsp3) is 0.114. The van der Waals surface area contributed by atoms with E-state index in [-0.39, 0.29) is 60.1 Å². The lowest BCUT2D eigenvalue weighted by Gasteiger charge is -2.09. The molecule has 0 unspecified atom stereocenters. The van der Waals surface area contributed by atoms with Crippen molar-refractivity contribution < 1.29 is 46.9 Å². The maximum atomic E-state index is 13.8. The molecule has 0 aliphatic carbocycles. The van der Waals surface area contributed by atoms with E-state index in [2.05, 4.69) is 59.8 Å². The van der Waals surface area contributed by atoms with Crippen molar-refractivity contribution in [2.45, 2.75) is 53.4 Å². The summed E-state index contributed by atoms with van der Waals surface area (Å²) in [7, 11) is 0. The molecular weight excluding hydrogens is 1280 g/mol. The summed E-state index contributed by atoms with van der Waals surface area (Å²) in [6.07, 6.45) is 21.3. The van der Waals surface area contributed by atoms with Crippen molar-refractivity contribution >= 4 is 57.7 Å². The first-order valence-electron chi connectivity index (χ1n) is 28.6. The number of thiazole rings is 1. The minimum Gasteiger partial charge on any atom is -0.454 e. The van der Waals surface area contributed by atoms with Crippen LogP contribution in [0.25, 0.3) is 0 Å². The summed E-state index contributed by atoms with van der Waals surface area (Å²) in [5, 5.41) is 3.35. The molecule has 20 nitrogen and oxygen atoms in total. The number of aromatic nitrogens is 12. The zero-order valence-corrected chi connectivity index (χ0v) is 53.3. The molecule has 0 fully saturated rings. The normalized spacial score (nSPS) is 10.4. The number of ether oxygens (including phenoxy) is 4. The van der Waals surface area contributed by atoms with Gasteiger partial charge in [0.15, 0.2) is 46.1 Å². The number of halogens is 4. The largest absolute Gasteiger partial charge is 0.454 e. The molecule has 8 aromatic heterocycles. The Morgan fingerprint density at radius 1 is 0.389 bits per heavy atom. The molecule has 0 aliphatic rings. The third-order valence-electron chi connectivity index (χ3n) is 12.7. The number of hydrogen-bond donors (Lipinski definition) is 0. The molecule has 12 rings (SSSR count). The van der Waals surface area contributed by atoms with Gasteiger partial charge in [-0.15, -0.1) is 11.3 Å². The lowest BCUT2D eigenvalue weighted by atomic mass is 10.0. The van der Waals surface area contributed by atoms with Gasteiger partial charge in [0.25, 0.3) is 0 Å². The molecule has 0 bridgehead atoms. The van der Waals surface area contributed by atoms with Crippen LogP contribution in [-0.4, -0.2) is 82.9 Å². The molecule has 0 N–H and O–H groups in total. The summed E-state index contributed by atoms with van der Waals surface area (Å²) in [5.41, 5.74) is 7.25. The summed E-state index contributed by atoms with van der Waals surface area (Å²) in [6, 6.07) is 30.8. The summed E-state index contributed by atoms with van der Waals surface area (Å²) in [6.45, 7) is 7.65. The topological polar surface area (TPSA) is 260 Å². The fourth-order valence-corrected chi connectivity index (χ4v) is 9.80. The van der Waals surface area contributed by atoms with Gasteiger partial charge in [0.1, 0.15) is 64.9 Å². The minimum absolute atomic E-state index is 0.00552. The molecule has 4 aromatic carbocycles. The third-order valence-corrected chi connectivity index (χ3v) is 14.1. The van der Waals surface area contributed by atoms with Crippen molar-refractivity contribution in [1.29, 1.82) is 0 Å². The van der Waals surface area contributed by atoms with Gasteiger partial charge in [-0.2, -0.15) is 0 Å². The van der Waals surface area contributed by atoms with Gasteiger partial charge in [-0.1, -0.05) is 35.3 Å². The van der Waals surface area contributed by atoms with Crippen molar-refractivity contribution in [2.24, 2.45) is 0 Å². The summed E-state index contributed by atoms with van der Waals surface area (Å²) in [5.74, 6) is 1.92. The van der Waals surface area contributed by atoms with E-state index in [1.165, 1.54) is 116 Å². The fourth-order valence-electron chi connectivity index (χ4n) is 8.58. The molecule has 0 atom stereocenters. The van der Waals surface area contributed by atoms with Gasteiger partial charge >= 0.3 is 0 Å². The first-order valence-corrected chi connectivity index (χ1v) is 30.3. The highest BCUT2D eigenvalue weighted by Crippen LogP contribution is 2.30. The van der Waals surface area contributed by atoms with Gasteiger partial charge in [0.05, 0.1) is 81.0 Å². The van der Waals surface area contributed by atoms with E-state index in [0.717, 1.165) is 28.2 Å².